The third kappa shape index (κ3) is 4.33. The third-order valence-corrected chi connectivity index (χ3v) is 9.04. The number of piperidine rings is 1. The van der Waals surface area contributed by atoms with Crippen LogP contribution in [0.1, 0.15) is 47.9 Å². The van der Waals surface area contributed by atoms with E-state index < -0.39 is 92.4 Å². The molecule has 13 heteroatoms. The van der Waals surface area contributed by atoms with Gasteiger partial charge in [0, 0.05) is 29.2 Å². The maximum Gasteiger partial charge on any atom is 0.306 e. The van der Waals surface area contributed by atoms with Gasteiger partial charge in [-0.2, -0.15) is 8.78 Å². The van der Waals surface area contributed by atoms with Gasteiger partial charge in [0.15, 0.2) is 17.2 Å². The van der Waals surface area contributed by atoms with Crippen LogP contribution in [0.15, 0.2) is 29.1 Å². The number of aliphatic hydroxyl groups is 3. The summed E-state index contributed by atoms with van der Waals surface area (Å²) in [6.07, 6.45) is -0.403. The molecule has 1 aromatic rings. The number of carbonyl (C=O) groups excluding carboxylic acids is 3. The molecule has 10 nitrogen and oxygen atoms in total. The second-order valence-electron chi connectivity index (χ2n) is 11.7. The Hall–Kier alpha value is -3.68. The highest BCUT2D eigenvalue weighted by Gasteiger charge is 2.64. The van der Waals surface area contributed by atoms with Crippen LogP contribution < -0.4 is 5.73 Å². The number of likely N-dealkylation sites (tertiary alicyclic amines) is 1. The van der Waals surface area contributed by atoms with E-state index in [1.807, 2.05) is 4.90 Å². The van der Waals surface area contributed by atoms with Crippen molar-refractivity contribution in [3.05, 3.63) is 51.3 Å². The van der Waals surface area contributed by atoms with E-state index in [-0.39, 0.29) is 30.5 Å². The zero-order valence-corrected chi connectivity index (χ0v) is 23.1. The van der Waals surface area contributed by atoms with Crippen LogP contribution in [0, 0.1) is 11.8 Å². The first-order valence-corrected chi connectivity index (χ1v) is 13.7. The zero-order valence-electron chi connectivity index (χ0n) is 23.1. The summed E-state index contributed by atoms with van der Waals surface area (Å²) < 4.78 is 42.2. The molecule has 4 aliphatic rings. The summed E-state index contributed by atoms with van der Waals surface area (Å²) in [5, 5.41) is 45.4. The van der Waals surface area contributed by atoms with Crippen molar-refractivity contribution in [2.24, 2.45) is 17.6 Å². The first-order chi connectivity index (χ1) is 19.7. The molecule has 42 heavy (non-hydrogen) atoms. The fourth-order valence-electron chi connectivity index (χ4n) is 7.14. The van der Waals surface area contributed by atoms with Crippen LogP contribution in [0.25, 0.3) is 11.6 Å². The Labute approximate surface area is 239 Å². The largest absolute Gasteiger partial charge is 0.508 e. The quantitative estimate of drug-likeness (QED) is 0.324. The number of nitrogens with two attached hydrogens (primary N) is 1. The highest BCUT2D eigenvalue weighted by Crippen LogP contribution is 2.54. The van der Waals surface area contributed by atoms with Crippen molar-refractivity contribution in [1.29, 1.82) is 0 Å². The number of phenolic OH excluding ortho intramolecular Hbond substituents is 1. The van der Waals surface area contributed by atoms with Crippen LogP contribution in [0.5, 0.6) is 5.75 Å². The van der Waals surface area contributed by atoms with Gasteiger partial charge in [-0.1, -0.05) is 6.42 Å². The number of rotatable bonds is 5. The number of nitrogens with zero attached hydrogens (tertiary/aromatic N) is 2. The van der Waals surface area contributed by atoms with E-state index in [1.54, 1.807) is 0 Å². The average molecular weight is 592 g/mol. The Kier molecular flexibility index (Phi) is 7.48. The second kappa shape index (κ2) is 10.5. The molecular formula is C29H32F3N3O7. The predicted octanol–water partition coefficient (Wildman–Crippen LogP) is 2.48. The van der Waals surface area contributed by atoms with E-state index in [4.69, 9.17) is 5.73 Å². The first kappa shape index (κ1) is 29.8. The number of likely N-dealkylation sites (N-methyl/N-ethyl adjacent to an activating group) is 1. The lowest BCUT2D eigenvalue weighted by Gasteiger charge is -2.50. The normalized spacial score (nSPS) is 28.0. The molecule has 1 saturated heterocycles. The summed E-state index contributed by atoms with van der Waals surface area (Å²) in [5.74, 6) is -10.4. The van der Waals surface area contributed by atoms with Crippen LogP contribution in [0.3, 0.4) is 0 Å². The average Bonchev–Trinajstić information content (AvgIpc) is 2.92. The SMILES string of the molecule is CN(C)[C@H]1C(=O)C(C(N)=O)=C(O)[C@@]2(O)C(=O)C3=C(O)c4c(O)c(CN5CCCCC5)cc(C(F)=C(F)F)c4C[C@H]3C[C@@H]12. The Bertz CT molecular complexity index is 1490. The number of hydrogen-bond donors (Lipinski definition) is 5. The molecule has 0 spiro atoms. The minimum absolute atomic E-state index is 0.0576. The van der Waals surface area contributed by atoms with Crippen molar-refractivity contribution >= 4 is 29.1 Å². The number of halogens is 3. The van der Waals surface area contributed by atoms with Crippen molar-refractivity contribution in [3.63, 3.8) is 0 Å². The van der Waals surface area contributed by atoms with Crippen molar-refractivity contribution < 1.29 is 48.0 Å². The molecule has 3 aliphatic carbocycles. The van der Waals surface area contributed by atoms with E-state index in [1.165, 1.54) is 19.0 Å². The smallest absolute Gasteiger partial charge is 0.306 e. The fourth-order valence-corrected chi connectivity index (χ4v) is 7.14. The number of primary amides is 1. The van der Waals surface area contributed by atoms with Gasteiger partial charge < -0.3 is 26.2 Å². The number of aliphatic hydroxyl groups excluding tert-OH is 2. The lowest BCUT2D eigenvalue weighted by molar-refractivity contribution is -0.153. The molecule has 1 aliphatic heterocycles. The zero-order chi connectivity index (χ0) is 30.8. The summed E-state index contributed by atoms with van der Waals surface area (Å²) in [4.78, 5) is 42.6. The molecule has 1 heterocycles. The minimum atomic E-state index is -2.84. The molecule has 1 aromatic carbocycles. The van der Waals surface area contributed by atoms with E-state index in [0.717, 1.165) is 25.3 Å². The third-order valence-electron chi connectivity index (χ3n) is 9.04. The second-order valence-corrected chi connectivity index (χ2v) is 11.7. The monoisotopic (exact) mass is 591 g/mol. The van der Waals surface area contributed by atoms with E-state index in [2.05, 4.69) is 0 Å². The molecule has 226 valence electrons. The number of ketones is 2. The van der Waals surface area contributed by atoms with Crippen LogP contribution in [-0.4, -0.2) is 86.5 Å². The number of phenols is 1. The van der Waals surface area contributed by atoms with Gasteiger partial charge in [0.25, 0.3) is 5.91 Å². The van der Waals surface area contributed by atoms with Crippen LogP contribution in [-0.2, 0) is 27.3 Å². The molecule has 0 unspecified atom stereocenters. The molecule has 6 N–H and O–H groups in total. The topological polar surface area (TPSA) is 165 Å². The molecule has 1 saturated carbocycles. The maximum atomic E-state index is 15.0. The van der Waals surface area contributed by atoms with Gasteiger partial charge in [0.2, 0.25) is 5.78 Å². The lowest BCUT2D eigenvalue weighted by atomic mass is 9.57. The summed E-state index contributed by atoms with van der Waals surface area (Å²) in [6.45, 7) is 1.38. The summed E-state index contributed by atoms with van der Waals surface area (Å²) in [5.41, 5.74) is 0.0193. The van der Waals surface area contributed by atoms with E-state index in [0.29, 0.717) is 13.1 Å². The standard InChI is InChI=1S/C29H32F3N3O7/c1-34(2)21-16-10-12-8-14-15(20(30)27(31)32)9-13(11-35-6-4-3-5-7-35)22(36)18(14)23(37)17(12)25(39)29(16,42)26(40)19(24(21)38)28(33)41/h9,12,16,21,36-37,40,42H,3-8,10-11H2,1-2H3,(H2,33,41)/t12-,16-,21+,29-/m0/s1. The number of carbonyl (C=O) groups is 3. The summed E-state index contributed by atoms with van der Waals surface area (Å²) >= 11 is 0. The number of fused-ring (bicyclic) bond motifs is 3. The number of hydrogen-bond acceptors (Lipinski definition) is 9. The fraction of sp³-hybridized carbons (Fsp3) is 0.483. The Morgan fingerprint density at radius 3 is 2.33 bits per heavy atom. The maximum absolute atomic E-state index is 15.0. The van der Waals surface area contributed by atoms with Crippen molar-refractivity contribution in [2.75, 3.05) is 27.2 Å². The van der Waals surface area contributed by atoms with Gasteiger partial charge in [0.1, 0.15) is 22.8 Å². The molecule has 4 atom stereocenters. The van der Waals surface area contributed by atoms with E-state index in [9.17, 15) is 48.0 Å². The minimum Gasteiger partial charge on any atom is -0.508 e. The Balaban J connectivity index is 1.73. The summed E-state index contributed by atoms with van der Waals surface area (Å²) in [6, 6.07) is -0.182. The molecule has 1 amide bonds. The molecular weight excluding hydrogens is 559 g/mol. The Morgan fingerprint density at radius 1 is 1.12 bits per heavy atom. The van der Waals surface area contributed by atoms with Gasteiger partial charge in [-0.15, -0.1) is 0 Å². The highest BCUT2D eigenvalue weighted by molar-refractivity contribution is 6.24. The van der Waals surface area contributed by atoms with E-state index >= 15 is 0 Å². The molecule has 2 fully saturated rings. The van der Waals surface area contributed by atoms with Gasteiger partial charge in [-0.3, -0.25) is 24.2 Å². The summed E-state index contributed by atoms with van der Waals surface area (Å²) in [7, 11) is 2.91. The van der Waals surface area contributed by atoms with Crippen LogP contribution in [0.2, 0.25) is 0 Å². The molecule has 0 radical (unpaired) electrons. The highest BCUT2D eigenvalue weighted by atomic mass is 19.3. The number of amides is 1. The van der Waals surface area contributed by atoms with Gasteiger partial charge in [-0.05, 0) is 70.4 Å². The molecule has 0 bridgehead atoms. The van der Waals surface area contributed by atoms with Crippen molar-refractivity contribution in [3.8, 4) is 5.75 Å². The van der Waals surface area contributed by atoms with Crippen molar-refractivity contribution in [2.45, 2.75) is 50.3 Å². The van der Waals surface area contributed by atoms with Gasteiger partial charge in [0.05, 0.1) is 11.6 Å². The molecule has 5 rings (SSSR count). The number of benzene rings is 1. The first-order valence-electron chi connectivity index (χ1n) is 13.7. The van der Waals surface area contributed by atoms with Crippen molar-refractivity contribution in [1.82, 2.24) is 9.80 Å². The van der Waals surface area contributed by atoms with Crippen LogP contribution >= 0.6 is 0 Å². The van der Waals surface area contributed by atoms with Gasteiger partial charge in [-0.25, -0.2) is 4.39 Å². The number of aromatic hydroxyl groups is 1. The van der Waals surface area contributed by atoms with Crippen LogP contribution in [0.4, 0.5) is 13.2 Å². The Morgan fingerprint density at radius 2 is 1.76 bits per heavy atom. The van der Waals surface area contributed by atoms with Gasteiger partial charge >= 0.3 is 6.08 Å². The lowest BCUT2D eigenvalue weighted by Crippen LogP contribution is -2.65. The number of Topliss-reactive ketones (excluding diaryl/α,β-unsaturated/α-hetero) is 2. The predicted molar refractivity (Wildman–Crippen MR) is 144 cm³/mol. The molecule has 0 aromatic heterocycles.